The SMILES string of the molecule is CCNC(CC)c1ccccc1OC1CCOC1. The Morgan fingerprint density at radius 3 is 2.89 bits per heavy atom. The van der Waals surface area contributed by atoms with Gasteiger partial charge in [-0.05, 0) is 19.0 Å². The number of hydrogen-bond acceptors (Lipinski definition) is 3. The van der Waals surface area contributed by atoms with Gasteiger partial charge in [0.05, 0.1) is 13.2 Å². The fraction of sp³-hybridized carbons (Fsp3) is 0.600. The van der Waals surface area contributed by atoms with Crippen molar-refractivity contribution >= 4 is 0 Å². The zero-order chi connectivity index (χ0) is 12.8. The molecule has 1 N–H and O–H groups in total. The van der Waals surface area contributed by atoms with Gasteiger partial charge in [-0.2, -0.15) is 0 Å². The third-order valence-electron chi connectivity index (χ3n) is 3.33. The molecule has 2 atom stereocenters. The largest absolute Gasteiger partial charge is 0.488 e. The van der Waals surface area contributed by atoms with Crippen LogP contribution in [0, 0.1) is 0 Å². The fourth-order valence-corrected chi connectivity index (χ4v) is 2.38. The Bertz CT molecular complexity index is 361. The normalized spacial score (nSPS) is 20.9. The van der Waals surface area contributed by atoms with Crippen LogP contribution in [0.3, 0.4) is 0 Å². The smallest absolute Gasteiger partial charge is 0.124 e. The highest BCUT2D eigenvalue weighted by molar-refractivity contribution is 5.36. The highest BCUT2D eigenvalue weighted by Gasteiger charge is 2.20. The lowest BCUT2D eigenvalue weighted by atomic mass is 10.0. The van der Waals surface area contributed by atoms with E-state index in [1.165, 1.54) is 5.56 Å². The molecule has 3 heteroatoms. The average Bonchev–Trinajstić information content (AvgIpc) is 2.90. The van der Waals surface area contributed by atoms with Gasteiger partial charge in [-0.15, -0.1) is 0 Å². The van der Waals surface area contributed by atoms with E-state index in [0.29, 0.717) is 12.6 Å². The highest BCUT2D eigenvalue weighted by Crippen LogP contribution is 2.28. The van der Waals surface area contributed by atoms with Crippen LogP contribution in [-0.2, 0) is 4.74 Å². The van der Waals surface area contributed by atoms with Crippen LogP contribution in [0.1, 0.15) is 38.3 Å². The molecule has 2 rings (SSSR count). The standard InChI is InChI=1S/C15H23NO2/c1-3-14(16-4-2)13-7-5-6-8-15(13)18-12-9-10-17-11-12/h5-8,12,14,16H,3-4,9-11H2,1-2H3. The molecule has 1 saturated heterocycles. The number of rotatable bonds is 6. The van der Waals surface area contributed by atoms with Crippen LogP contribution in [0.2, 0.25) is 0 Å². The second-order valence-corrected chi connectivity index (χ2v) is 4.66. The van der Waals surface area contributed by atoms with E-state index in [4.69, 9.17) is 9.47 Å². The molecule has 0 saturated carbocycles. The minimum atomic E-state index is 0.213. The quantitative estimate of drug-likeness (QED) is 0.841. The van der Waals surface area contributed by atoms with Crippen LogP contribution in [0.4, 0.5) is 0 Å². The predicted octanol–water partition coefficient (Wildman–Crippen LogP) is 2.91. The van der Waals surface area contributed by atoms with E-state index in [-0.39, 0.29) is 6.10 Å². The van der Waals surface area contributed by atoms with E-state index in [0.717, 1.165) is 31.7 Å². The minimum Gasteiger partial charge on any atom is -0.488 e. The van der Waals surface area contributed by atoms with Crippen LogP contribution in [0.5, 0.6) is 5.75 Å². The molecule has 100 valence electrons. The van der Waals surface area contributed by atoms with E-state index in [1.54, 1.807) is 0 Å². The van der Waals surface area contributed by atoms with Crippen LogP contribution in [0.25, 0.3) is 0 Å². The van der Waals surface area contributed by atoms with Gasteiger partial charge in [-0.25, -0.2) is 0 Å². The van der Waals surface area contributed by atoms with Gasteiger partial charge in [-0.3, -0.25) is 0 Å². The van der Waals surface area contributed by atoms with E-state index in [1.807, 2.05) is 6.07 Å². The minimum absolute atomic E-state index is 0.213. The lowest BCUT2D eigenvalue weighted by Crippen LogP contribution is -2.22. The summed E-state index contributed by atoms with van der Waals surface area (Å²) < 4.78 is 11.4. The molecule has 1 aromatic rings. The molecule has 0 spiro atoms. The first kappa shape index (κ1) is 13.4. The zero-order valence-electron chi connectivity index (χ0n) is 11.3. The number of para-hydroxylation sites is 1. The fourth-order valence-electron chi connectivity index (χ4n) is 2.38. The number of nitrogens with one attached hydrogen (secondary N) is 1. The lowest BCUT2D eigenvalue weighted by Gasteiger charge is -2.21. The van der Waals surface area contributed by atoms with Crippen molar-refractivity contribution in [3.05, 3.63) is 29.8 Å². The summed E-state index contributed by atoms with van der Waals surface area (Å²) in [5.74, 6) is 1.00. The summed E-state index contributed by atoms with van der Waals surface area (Å²) in [6.45, 7) is 6.84. The van der Waals surface area contributed by atoms with Crippen LogP contribution in [-0.4, -0.2) is 25.9 Å². The maximum Gasteiger partial charge on any atom is 0.124 e. The van der Waals surface area contributed by atoms with Crippen LogP contribution < -0.4 is 10.1 Å². The molecule has 0 radical (unpaired) electrons. The molecular weight excluding hydrogens is 226 g/mol. The molecule has 1 aliphatic heterocycles. The molecule has 0 bridgehead atoms. The molecule has 2 unspecified atom stereocenters. The molecule has 3 nitrogen and oxygen atoms in total. The zero-order valence-corrected chi connectivity index (χ0v) is 11.3. The van der Waals surface area contributed by atoms with Crippen molar-refractivity contribution in [1.82, 2.24) is 5.32 Å². The van der Waals surface area contributed by atoms with Gasteiger partial charge >= 0.3 is 0 Å². The van der Waals surface area contributed by atoms with Gasteiger partial charge < -0.3 is 14.8 Å². The van der Waals surface area contributed by atoms with Gasteiger partial charge in [0.1, 0.15) is 11.9 Å². The Balaban J connectivity index is 2.12. The van der Waals surface area contributed by atoms with Crippen molar-refractivity contribution in [2.24, 2.45) is 0 Å². The number of ether oxygens (including phenoxy) is 2. The van der Waals surface area contributed by atoms with Crippen molar-refractivity contribution in [3.8, 4) is 5.75 Å². The summed E-state index contributed by atoms with van der Waals surface area (Å²) >= 11 is 0. The summed E-state index contributed by atoms with van der Waals surface area (Å²) in [7, 11) is 0. The maximum atomic E-state index is 6.07. The molecule has 1 aliphatic rings. The van der Waals surface area contributed by atoms with Crippen molar-refractivity contribution in [3.63, 3.8) is 0 Å². The average molecular weight is 249 g/mol. The van der Waals surface area contributed by atoms with Gasteiger partial charge in [0.25, 0.3) is 0 Å². The van der Waals surface area contributed by atoms with Gasteiger partial charge in [0.2, 0.25) is 0 Å². The Kier molecular flexibility index (Phi) is 5.02. The molecule has 0 aromatic heterocycles. The summed E-state index contributed by atoms with van der Waals surface area (Å²) in [4.78, 5) is 0. The third-order valence-corrected chi connectivity index (χ3v) is 3.33. The first-order chi connectivity index (χ1) is 8.85. The Hall–Kier alpha value is -1.06. The van der Waals surface area contributed by atoms with Crippen LogP contribution in [0.15, 0.2) is 24.3 Å². The molecule has 1 fully saturated rings. The summed E-state index contributed by atoms with van der Waals surface area (Å²) in [6, 6.07) is 8.70. The molecule has 1 heterocycles. The summed E-state index contributed by atoms with van der Waals surface area (Å²) in [5, 5.41) is 3.50. The van der Waals surface area contributed by atoms with E-state index in [2.05, 4.69) is 37.4 Å². The molecular formula is C15H23NO2. The second kappa shape index (κ2) is 6.76. The van der Waals surface area contributed by atoms with Crippen molar-refractivity contribution < 1.29 is 9.47 Å². The molecule has 18 heavy (non-hydrogen) atoms. The molecule has 0 amide bonds. The van der Waals surface area contributed by atoms with Gasteiger partial charge in [-0.1, -0.05) is 32.0 Å². The Morgan fingerprint density at radius 1 is 1.39 bits per heavy atom. The number of benzene rings is 1. The topological polar surface area (TPSA) is 30.5 Å². The summed E-state index contributed by atoms with van der Waals surface area (Å²) in [6.07, 6.45) is 2.27. The third kappa shape index (κ3) is 3.24. The van der Waals surface area contributed by atoms with Crippen molar-refractivity contribution in [1.29, 1.82) is 0 Å². The lowest BCUT2D eigenvalue weighted by molar-refractivity contribution is 0.140. The second-order valence-electron chi connectivity index (χ2n) is 4.66. The van der Waals surface area contributed by atoms with Gasteiger partial charge in [0, 0.05) is 18.0 Å². The first-order valence-corrected chi connectivity index (χ1v) is 6.91. The molecule has 0 aliphatic carbocycles. The van der Waals surface area contributed by atoms with Crippen molar-refractivity contribution in [2.45, 2.75) is 38.8 Å². The van der Waals surface area contributed by atoms with Crippen molar-refractivity contribution in [2.75, 3.05) is 19.8 Å². The van der Waals surface area contributed by atoms with Crippen LogP contribution >= 0.6 is 0 Å². The Labute approximate surface area is 109 Å². The monoisotopic (exact) mass is 249 g/mol. The summed E-state index contributed by atoms with van der Waals surface area (Å²) in [5.41, 5.74) is 1.26. The number of hydrogen-bond donors (Lipinski definition) is 1. The van der Waals surface area contributed by atoms with E-state index in [9.17, 15) is 0 Å². The van der Waals surface area contributed by atoms with E-state index >= 15 is 0 Å². The van der Waals surface area contributed by atoms with E-state index < -0.39 is 0 Å². The highest BCUT2D eigenvalue weighted by atomic mass is 16.5. The van der Waals surface area contributed by atoms with Gasteiger partial charge in [0.15, 0.2) is 0 Å². The Morgan fingerprint density at radius 2 is 2.22 bits per heavy atom. The predicted molar refractivity (Wildman–Crippen MR) is 73.0 cm³/mol. The first-order valence-electron chi connectivity index (χ1n) is 6.91. The maximum absolute atomic E-state index is 6.07. The molecule has 1 aromatic carbocycles.